The van der Waals surface area contributed by atoms with Crippen LogP contribution in [0.15, 0.2) is 24.3 Å². The maximum Gasteiger partial charge on any atom is 0.336 e. The second-order valence-corrected chi connectivity index (χ2v) is 4.91. The van der Waals surface area contributed by atoms with Crippen LogP contribution in [0, 0.1) is 0 Å². The van der Waals surface area contributed by atoms with Crippen molar-refractivity contribution in [2.45, 2.75) is 32.1 Å². The molecule has 0 bridgehead atoms. The van der Waals surface area contributed by atoms with E-state index in [9.17, 15) is 9.59 Å². The third-order valence-electron chi connectivity index (χ3n) is 3.53. The minimum Gasteiger partial charge on any atom is -0.478 e. The number of benzene rings is 1. The number of hydrogen-bond donors (Lipinski definition) is 1. The van der Waals surface area contributed by atoms with Crippen LogP contribution in [0.3, 0.4) is 0 Å². The van der Waals surface area contributed by atoms with Crippen LogP contribution in [0.5, 0.6) is 0 Å². The highest BCUT2D eigenvalue weighted by Gasteiger charge is 2.21. The lowest BCUT2D eigenvalue weighted by atomic mass is 10.0. The summed E-state index contributed by atoms with van der Waals surface area (Å²) in [5, 5.41) is 9.14. The molecule has 19 heavy (non-hydrogen) atoms. The molecule has 1 aliphatic heterocycles. The Bertz CT molecular complexity index is 462. The van der Waals surface area contributed by atoms with E-state index >= 15 is 0 Å². The van der Waals surface area contributed by atoms with Crippen molar-refractivity contribution < 1.29 is 14.7 Å². The van der Waals surface area contributed by atoms with Gasteiger partial charge in [-0.3, -0.25) is 4.79 Å². The van der Waals surface area contributed by atoms with Gasteiger partial charge in [-0.25, -0.2) is 4.79 Å². The molecule has 0 spiro atoms. The number of carbonyl (C=O) groups excluding carboxylic acids is 1. The van der Waals surface area contributed by atoms with Crippen molar-refractivity contribution in [1.82, 2.24) is 4.90 Å². The van der Waals surface area contributed by atoms with Crippen molar-refractivity contribution in [2.75, 3.05) is 13.1 Å². The lowest BCUT2D eigenvalue weighted by Crippen LogP contribution is -2.34. The zero-order valence-corrected chi connectivity index (χ0v) is 11.0. The molecule has 1 aromatic carbocycles. The zero-order chi connectivity index (χ0) is 13.7. The van der Waals surface area contributed by atoms with Gasteiger partial charge in [-0.1, -0.05) is 31.4 Å². The number of hydrogen-bond acceptors (Lipinski definition) is 2. The van der Waals surface area contributed by atoms with E-state index < -0.39 is 5.97 Å². The molecule has 0 saturated carbocycles. The Morgan fingerprint density at radius 2 is 1.42 bits per heavy atom. The molecule has 0 atom stereocenters. The summed E-state index contributed by atoms with van der Waals surface area (Å²) in [5.41, 5.74) is 0.394. The van der Waals surface area contributed by atoms with Crippen LogP contribution >= 0.6 is 0 Å². The largest absolute Gasteiger partial charge is 0.478 e. The summed E-state index contributed by atoms with van der Waals surface area (Å²) in [6.45, 7) is 1.46. The van der Waals surface area contributed by atoms with E-state index in [0.29, 0.717) is 5.56 Å². The molecule has 4 heteroatoms. The maximum atomic E-state index is 12.5. The molecule has 1 amide bonds. The van der Waals surface area contributed by atoms with Crippen LogP contribution in [0.4, 0.5) is 0 Å². The number of amides is 1. The Kier molecular flexibility index (Phi) is 4.55. The van der Waals surface area contributed by atoms with Gasteiger partial charge in [0.25, 0.3) is 5.91 Å². The maximum absolute atomic E-state index is 12.5. The number of likely N-dealkylation sites (tertiary alicyclic amines) is 1. The molecule has 2 rings (SSSR count). The van der Waals surface area contributed by atoms with Crippen LogP contribution in [-0.4, -0.2) is 35.0 Å². The number of nitrogens with zero attached hydrogens (tertiary/aromatic N) is 1. The molecular formula is C15H19NO3. The molecule has 1 saturated heterocycles. The first kappa shape index (κ1) is 13.6. The average molecular weight is 261 g/mol. The van der Waals surface area contributed by atoms with Crippen molar-refractivity contribution in [3.05, 3.63) is 35.4 Å². The van der Waals surface area contributed by atoms with Crippen molar-refractivity contribution in [3.8, 4) is 0 Å². The average Bonchev–Trinajstić information content (AvgIpc) is 2.37. The van der Waals surface area contributed by atoms with E-state index in [2.05, 4.69) is 0 Å². The Morgan fingerprint density at radius 3 is 2.00 bits per heavy atom. The smallest absolute Gasteiger partial charge is 0.336 e. The molecule has 1 heterocycles. The standard InChI is InChI=1S/C15H19NO3/c17-14(16-10-6-2-1-3-7-11-16)12-8-4-5-9-13(12)15(18)19/h4-5,8-9H,1-3,6-7,10-11H2,(H,18,19). The number of carbonyl (C=O) groups is 2. The molecule has 0 radical (unpaired) electrons. The summed E-state index contributed by atoms with van der Waals surface area (Å²) in [5.74, 6) is -1.20. The minimum atomic E-state index is -1.05. The van der Waals surface area contributed by atoms with E-state index in [1.54, 1.807) is 23.1 Å². The topological polar surface area (TPSA) is 57.6 Å². The molecular weight excluding hydrogens is 242 g/mol. The molecule has 1 aromatic rings. The van der Waals surface area contributed by atoms with Gasteiger partial charge in [-0.2, -0.15) is 0 Å². The first-order valence-electron chi connectivity index (χ1n) is 6.82. The predicted molar refractivity (Wildman–Crippen MR) is 72.4 cm³/mol. The Hall–Kier alpha value is -1.84. The molecule has 102 valence electrons. The van der Waals surface area contributed by atoms with E-state index in [0.717, 1.165) is 38.8 Å². The summed E-state index contributed by atoms with van der Waals surface area (Å²) in [7, 11) is 0. The Labute approximate surface area is 113 Å². The molecule has 4 nitrogen and oxygen atoms in total. The molecule has 1 N–H and O–H groups in total. The van der Waals surface area contributed by atoms with Gasteiger partial charge in [-0.05, 0) is 25.0 Å². The van der Waals surface area contributed by atoms with Gasteiger partial charge in [0.05, 0.1) is 11.1 Å². The predicted octanol–water partition coefficient (Wildman–Crippen LogP) is 2.79. The van der Waals surface area contributed by atoms with Crippen LogP contribution in [0.1, 0.15) is 52.8 Å². The Morgan fingerprint density at radius 1 is 0.895 bits per heavy atom. The summed E-state index contributed by atoms with van der Waals surface area (Å²) >= 11 is 0. The fourth-order valence-corrected chi connectivity index (χ4v) is 2.48. The molecule has 0 aliphatic carbocycles. The molecule has 0 unspecified atom stereocenters. The SMILES string of the molecule is O=C(O)c1ccccc1C(=O)N1CCCCCCC1. The number of carboxylic acid groups (broad SMARTS) is 1. The van der Waals surface area contributed by atoms with Crippen LogP contribution in [-0.2, 0) is 0 Å². The monoisotopic (exact) mass is 261 g/mol. The molecule has 1 fully saturated rings. The molecule has 1 aliphatic rings. The highest BCUT2D eigenvalue weighted by molar-refractivity contribution is 6.04. The second kappa shape index (κ2) is 6.36. The minimum absolute atomic E-state index is 0.0922. The van der Waals surface area contributed by atoms with E-state index in [1.807, 2.05) is 0 Å². The lowest BCUT2D eigenvalue weighted by Gasteiger charge is -2.25. The highest BCUT2D eigenvalue weighted by atomic mass is 16.4. The van der Waals surface area contributed by atoms with Gasteiger partial charge < -0.3 is 10.0 Å². The van der Waals surface area contributed by atoms with Crippen molar-refractivity contribution in [1.29, 1.82) is 0 Å². The summed E-state index contributed by atoms with van der Waals surface area (Å²) in [6.07, 6.45) is 5.52. The number of carboxylic acids is 1. The second-order valence-electron chi connectivity index (χ2n) is 4.91. The van der Waals surface area contributed by atoms with Gasteiger partial charge in [0.2, 0.25) is 0 Å². The van der Waals surface area contributed by atoms with E-state index in [-0.39, 0.29) is 11.5 Å². The summed E-state index contributed by atoms with van der Waals surface area (Å²) in [4.78, 5) is 25.4. The van der Waals surface area contributed by atoms with Crippen molar-refractivity contribution in [3.63, 3.8) is 0 Å². The highest BCUT2D eigenvalue weighted by Crippen LogP contribution is 2.16. The van der Waals surface area contributed by atoms with Crippen molar-refractivity contribution in [2.24, 2.45) is 0 Å². The van der Waals surface area contributed by atoms with Crippen LogP contribution in [0.2, 0.25) is 0 Å². The normalized spacial score (nSPS) is 16.5. The fraction of sp³-hybridized carbons (Fsp3) is 0.467. The van der Waals surface area contributed by atoms with E-state index in [4.69, 9.17) is 5.11 Å². The lowest BCUT2D eigenvalue weighted by molar-refractivity contribution is 0.0672. The first-order chi connectivity index (χ1) is 9.20. The third kappa shape index (κ3) is 3.34. The van der Waals surface area contributed by atoms with Gasteiger partial charge in [0.15, 0.2) is 0 Å². The quantitative estimate of drug-likeness (QED) is 0.890. The van der Waals surface area contributed by atoms with Gasteiger partial charge in [-0.15, -0.1) is 0 Å². The molecule has 0 aromatic heterocycles. The van der Waals surface area contributed by atoms with Crippen LogP contribution in [0.25, 0.3) is 0 Å². The fourth-order valence-electron chi connectivity index (χ4n) is 2.48. The summed E-state index contributed by atoms with van der Waals surface area (Å²) in [6, 6.07) is 6.45. The number of aromatic carboxylic acids is 1. The summed E-state index contributed by atoms with van der Waals surface area (Å²) < 4.78 is 0. The number of rotatable bonds is 2. The third-order valence-corrected chi connectivity index (χ3v) is 3.53. The van der Waals surface area contributed by atoms with Gasteiger partial charge in [0.1, 0.15) is 0 Å². The van der Waals surface area contributed by atoms with Gasteiger partial charge >= 0.3 is 5.97 Å². The Balaban J connectivity index is 2.20. The first-order valence-corrected chi connectivity index (χ1v) is 6.82. The van der Waals surface area contributed by atoms with Crippen LogP contribution < -0.4 is 0 Å². The van der Waals surface area contributed by atoms with Gasteiger partial charge in [0, 0.05) is 13.1 Å². The van der Waals surface area contributed by atoms with E-state index in [1.165, 1.54) is 12.5 Å². The van der Waals surface area contributed by atoms with Crippen molar-refractivity contribution >= 4 is 11.9 Å². The zero-order valence-electron chi connectivity index (χ0n) is 11.0.